The zero-order valence-corrected chi connectivity index (χ0v) is 18.2. The molecule has 1 saturated heterocycles. The smallest absolute Gasteiger partial charge is 0.251 e. The standard InChI is InChI=1S/C23H28N2O4S/c1-23(2)16-20(19-11-4-5-12-21(19)29-23)24-22(26)17-9-8-10-18(15-17)30(27,28)25-13-6-3-7-14-25/h4-5,8-12,15,20H,3,6-7,13-14,16H2,1-2H3,(H,24,26)/t20-/m0/s1. The van der Waals surface area contributed by atoms with Crippen LogP contribution in [0.4, 0.5) is 0 Å². The molecule has 160 valence electrons. The van der Waals surface area contributed by atoms with E-state index >= 15 is 0 Å². The molecule has 0 bridgehead atoms. The molecule has 1 fully saturated rings. The van der Waals surface area contributed by atoms with Gasteiger partial charge in [-0.25, -0.2) is 8.42 Å². The van der Waals surface area contributed by atoms with E-state index in [-0.39, 0.29) is 16.8 Å². The Morgan fingerprint density at radius 3 is 2.57 bits per heavy atom. The number of hydrogen-bond acceptors (Lipinski definition) is 4. The molecule has 0 saturated carbocycles. The van der Waals surface area contributed by atoms with Gasteiger partial charge in [0, 0.05) is 30.6 Å². The zero-order valence-electron chi connectivity index (χ0n) is 17.4. The summed E-state index contributed by atoms with van der Waals surface area (Å²) in [5, 5.41) is 3.08. The number of fused-ring (bicyclic) bond motifs is 1. The number of hydrogen-bond donors (Lipinski definition) is 1. The van der Waals surface area contributed by atoms with Gasteiger partial charge < -0.3 is 10.1 Å². The molecule has 6 nitrogen and oxygen atoms in total. The average Bonchev–Trinajstić information content (AvgIpc) is 2.73. The van der Waals surface area contributed by atoms with Crippen LogP contribution in [0.25, 0.3) is 0 Å². The predicted octanol–water partition coefficient (Wildman–Crippen LogP) is 3.89. The van der Waals surface area contributed by atoms with E-state index in [2.05, 4.69) is 5.32 Å². The van der Waals surface area contributed by atoms with Gasteiger partial charge in [0.25, 0.3) is 5.91 Å². The second-order valence-corrected chi connectivity index (χ2v) is 10.6. The van der Waals surface area contributed by atoms with Crippen LogP contribution >= 0.6 is 0 Å². The number of para-hydroxylation sites is 1. The van der Waals surface area contributed by atoms with Crippen molar-refractivity contribution in [3.05, 3.63) is 59.7 Å². The summed E-state index contributed by atoms with van der Waals surface area (Å²) in [7, 11) is -3.59. The minimum atomic E-state index is -3.59. The molecule has 2 heterocycles. The predicted molar refractivity (Wildman–Crippen MR) is 115 cm³/mol. The van der Waals surface area contributed by atoms with Crippen LogP contribution in [-0.2, 0) is 10.0 Å². The van der Waals surface area contributed by atoms with E-state index < -0.39 is 15.6 Å². The number of amides is 1. The van der Waals surface area contributed by atoms with Crippen molar-refractivity contribution in [1.82, 2.24) is 9.62 Å². The number of benzene rings is 2. The number of carbonyl (C=O) groups excluding carboxylic acids is 1. The third-order valence-electron chi connectivity index (χ3n) is 5.73. The van der Waals surface area contributed by atoms with Crippen molar-refractivity contribution in [3.8, 4) is 5.75 Å². The minimum Gasteiger partial charge on any atom is -0.487 e. The van der Waals surface area contributed by atoms with Gasteiger partial charge in [-0.2, -0.15) is 4.31 Å². The summed E-state index contributed by atoms with van der Waals surface area (Å²) in [6, 6.07) is 13.8. The molecular weight excluding hydrogens is 400 g/mol. The lowest BCUT2D eigenvalue weighted by Gasteiger charge is -2.37. The van der Waals surface area contributed by atoms with Gasteiger partial charge in [-0.15, -0.1) is 0 Å². The molecule has 0 unspecified atom stereocenters. The van der Waals surface area contributed by atoms with Crippen LogP contribution in [0, 0.1) is 0 Å². The average molecular weight is 429 g/mol. The second-order valence-electron chi connectivity index (χ2n) is 8.62. The third kappa shape index (κ3) is 4.23. The number of nitrogens with zero attached hydrogens (tertiary/aromatic N) is 1. The van der Waals surface area contributed by atoms with Gasteiger partial charge >= 0.3 is 0 Å². The molecule has 0 aliphatic carbocycles. The van der Waals surface area contributed by atoms with Crippen molar-refractivity contribution >= 4 is 15.9 Å². The summed E-state index contributed by atoms with van der Waals surface area (Å²) in [5.74, 6) is 0.476. The van der Waals surface area contributed by atoms with Crippen molar-refractivity contribution in [3.63, 3.8) is 0 Å². The highest BCUT2D eigenvalue weighted by molar-refractivity contribution is 7.89. The summed E-state index contributed by atoms with van der Waals surface area (Å²) in [6.45, 7) is 5.06. The highest BCUT2D eigenvalue weighted by Crippen LogP contribution is 2.39. The first-order valence-electron chi connectivity index (χ1n) is 10.5. The second kappa shape index (κ2) is 8.04. The Morgan fingerprint density at radius 2 is 1.80 bits per heavy atom. The molecule has 1 amide bonds. The Morgan fingerprint density at radius 1 is 1.07 bits per heavy atom. The topological polar surface area (TPSA) is 75.7 Å². The summed E-state index contributed by atoms with van der Waals surface area (Å²) < 4.78 is 33.5. The molecule has 4 rings (SSSR count). The van der Waals surface area contributed by atoms with E-state index in [1.807, 2.05) is 38.1 Å². The first-order valence-corrected chi connectivity index (χ1v) is 11.9. The summed E-state index contributed by atoms with van der Waals surface area (Å²) in [6.07, 6.45) is 3.43. The third-order valence-corrected chi connectivity index (χ3v) is 7.63. The molecule has 2 aliphatic rings. The van der Waals surface area contributed by atoms with Gasteiger partial charge in [0.05, 0.1) is 10.9 Å². The Kier molecular flexibility index (Phi) is 5.59. The van der Waals surface area contributed by atoms with E-state index in [0.29, 0.717) is 25.1 Å². The number of carbonyl (C=O) groups is 1. The van der Waals surface area contributed by atoms with Gasteiger partial charge in [0.15, 0.2) is 0 Å². The van der Waals surface area contributed by atoms with Crippen LogP contribution in [0.2, 0.25) is 0 Å². The fourth-order valence-corrected chi connectivity index (χ4v) is 5.79. The molecule has 1 N–H and O–H groups in total. The maximum Gasteiger partial charge on any atom is 0.251 e. The van der Waals surface area contributed by atoms with Crippen LogP contribution in [0.15, 0.2) is 53.4 Å². The first kappa shape index (κ1) is 20.9. The Hall–Kier alpha value is -2.38. The normalized spacial score (nSPS) is 21.3. The lowest BCUT2D eigenvalue weighted by molar-refractivity contribution is 0.0619. The van der Waals surface area contributed by atoms with Gasteiger partial charge in [0.1, 0.15) is 11.4 Å². The van der Waals surface area contributed by atoms with Crippen molar-refractivity contribution in [2.24, 2.45) is 0 Å². The lowest BCUT2D eigenvalue weighted by Crippen LogP contribution is -2.41. The molecule has 1 atom stereocenters. The van der Waals surface area contributed by atoms with Gasteiger partial charge in [-0.3, -0.25) is 4.79 Å². The lowest BCUT2D eigenvalue weighted by atomic mass is 9.89. The van der Waals surface area contributed by atoms with Crippen LogP contribution in [-0.4, -0.2) is 37.3 Å². The summed E-state index contributed by atoms with van der Waals surface area (Å²) >= 11 is 0. The number of piperidine rings is 1. The molecule has 0 radical (unpaired) electrons. The number of nitrogens with one attached hydrogen (secondary N) is 1. The Balaban J connectivity index is 1.57. The molecular formula is C23H28N2O4S. The molecule has 2 aliphatic heterocycles. The number of rotatable bonds is 4. The van der Waals surface area contributed by atoms with Crippen LogP contribution in [0.5, 0.6) is 5.75 Å². The Labute approximate surface area is 178 Å². The van der Waals surface area contributed by atoms with E-state index in [0.717, 1.165) is 30.6 Å². The molecule has 30 heavy (non-hydrogen) atoms. The van der Waals surface area contributed by atoms with Crippen molar-refractivity contribution < 1.29 is 17.9 Å². The molecule has 0 aromatic heterocycles. The molecule has 2 aromatic rings. The molecule has 2 aromatic carbocycles. The SMILES string of the molecule is CC1(C)C[C@H](NC(=O)c2cccc(S(=O)(=O)N3CCCCC3)c2)c2ccccc2O1. The highest BCUT2D eigenvalue weighted by Gasteiger charge is 2.34. The quantitative estimate of drug-likeness (QED) is 0.802. The van der Waals surface area contributed by atoms with Crippen molar-refractivity contribution in [2.75, 3.05) is 13.1 Å². The summed E-state index contributed by atoms with van der Waals surface area (Å²) in [5.41, 5.74) is 0.864. The van der Waals surface area contributed by atoms with Crippen molar-refractivity contribution in [1.29, 1.82) is 0 Å². The van der Waals surface area contributed by atoms with Crippen LogP contribution in [0.3, 0.4) is 0 Å². The highest BCUT2D eigenvalue weighted by atomic mass is 32.2. The number of ether oxygens (including phenoxy) is 1. The fraction of sp³-hybridized carbons (Fsp3) is 0.435. The fourth-order valence-electron chi connectivity index (χ4n) is 4.22. The largest absolute Gasteiger partial charge is 0.487 e. The maximum absolute atomic E-state index is 13.0. The zero-order chi connectivity index (χ0) is 21.4. The monoisotopic (exact) mass is 428 g/mol. The molecule has 7 heteroatoms. The van der Waals surface area contributed by atoms with E-state index in [9.17, 15) is 13.2 Å². The van der Waals surface area contributed by atoms with Crippen LogP contribution < -0.4 is 10.1 Å². The van der Waals surface area contributed by atoms with E-state index in [4.69, 9.17) is 4.74 Å². The first-order chi connectivity index (χ1) is 14.3. The van der Waals surface area contributed by atoms with E-state index in [1.54, 1.807) is 18.2 Å². The van der Waals surface area contributed by atoms with Gasteiger partial charge in [0.2, 0.25) is 10.0 Å². The minimum absolute atomic E-state index is 0.171. The maximum atomic E-state index is 13.0. The van der Waals surface area contributed by atoms with Crippen molar-refractivity contribution in [2.45, 2.75) is 56.1 Å². The van der Waals surface area contributed by atoms with Gasteiger partial charge in [-0.1, -0.05) is 30.7 Å². The number of sulfonamides is 1. The molecule has 0 spiro atoms. The van der Waals surface area contributed by atoms with Gasteiger partial charge in [-0.05, 0) is 51.0 Å². The Bertz CT molecular complexity index is 1040. The van der Waals surface area contributed by atoms with Crippen LogP contribution in [0.1, 0.15) is 61.5 Å². The van der Waals surface area contributed by atoms with E-state index in [1.165, 1.54) is 10.4 Å². The summed E-state index contributed by atoms with van der Waals surface area (Å²) in [4.78, 5) is 13.2.